The predicted octanol–water partition coefficient (Wildman–Crippen LogP) is 3.64. The first-order valence-electron chi connectivity index (χ1n) is 10.6. The molecule has 5 heteroatoms. The standard InChI is InChI=1S/C23H32N4O/c1-16-19(17(2)25-24-16)11-7-13-26(3)23(28)20-15-22(18-9-5-4-6-10-18)27-14-8-12-21(20)27/h4-6,9-10,20-22H,7-8,11-15H2,1-3H3,(H,24,25)/t20-,21+,22-/m0/s1. The van der Waals surface area contributed by atoms with Crippen LogP contribution >= 0.6 is 0 Å². The number of aromatic nitrogens is 2. The van der Waals surface area contributed by atoms with Crippen molar-refractivity contribution in [3.05, 3.63) is 52.8 Å². The maximum atomic E-state index is 13.3. The average Bonchev–Trinajstić information content (AvgIpc) is 3.39. The molecule has 3 atom stereocenters. The van der Waals surface area contributed by atoms with Crippen molar-refractivity contribution in [3.63, 3.8) is 0 Å². The van der Waals surface area contributed by atoms with E-state index in [-0.39, 0.29) is 5.92 Å². The van der Waals surface area contributed by atoms with Crippen molar-refractivity contribution < 1.29 is 4.79 Å². The zero-order chi connectivity index (χ0) is 19.7. The van der Waals surface area contributed by atoms with Crippen molar-refractivity contribution in [3.8, 4) is 0 Å². The third-order valence-electron chi connectivity index (χ3n) is 6.76. The first kappa shape index (κ1) is 19.2. The Labute approximate surface area is 168 Å². The molecule has 0 unspecified atom stereocenters. The van der Waals surface area contributed by atoms with Crippen molar-refractivity contribution in [2.24, 2.45) is 5.92 Å². The number of benzene rings is 1. The van der Waals surface area contributed by atoms with Crippen LogP contribution in [0, 0.1) is 19.8 Å². The van der Waals surface area contributed by atoms with E-state index in [2.05, 4.69) is 52.4 Å². The molecule has 2 fully saturated rings. The summed E-state index contributed by atoms with van der Waals surface area (Å²) in [6.45, 7) is 6.05. The Hall–Kier alpha value is -2.14. The topological polar surface area (TPSA) is 52.2 Å². The van der Waals surface area contributed by atoms with Crippen LogP contribution in [0.25, 0.3) is 0 Å². The minimum absolute atomic E-state index is 0.134. The number of nitrogens with one attached hydrogen (secondary N) is 1. The molecule has 1 N–H and O–H groups in total. The molecule has 2 aliphatic heterocycles. The molecule has 1 amide bonds. The molecule has 2 aromatic rings. The van der Waals surface area contributed by atoms with Gasteiger partial charge in [0.05, 0.1) is 11.6 Å². The van der Waals surface area contributed by atoms with E-state index >= 15 is 0 Å². The number of carbonyl (C=O) groups is 1. The third kappa shape index (κ3) is 3.60. The number of hydrogen-bond donors (Lipinski definition) is 1. The molecule has 4 rings (SSSR count). The summed E-state index contributed by atoms with van der Waals surface area (Å²) >= 11 is 0. The van der Waals surface area contributed by atoms with Crippen LogP contribution in [0.1, 0.15) is 54.2 Å². The first-order valence-corrected chi connectivity index (χ1v) is 10.6. The zero-order valence-corrected chi connectivity index (χ0v) is 17.3. The van der Waals surface area contributed by atoms with E-state index < -0.39 is 0 Å². The lowest BCUT2D eigenvalue weighted by atomic mass is 9.93. The molecule has 0 spiro atoms. The van der Waals surface area contributed by atoms with Crippen LogP contribution in [0.4, 0.5) is 0 Å². The summed E-state index contributed by atoms with van der Waals surface area (Å²) in [4.78, 5) is 17.8. The van der Waals surface area contributed by atoms with Gasteiger partial charge in [0, 0.05) is 31.4 Å². The lowest BCUT2D eigenvalue weighted by Gasteiger charge is -2.26. The van der Waals surface area contributed by atoms with Crippen LogP contribution in [0.3, 0.4) is 0 Å². The van der Waals surface area contributed by atoms with Gasteiger partial charge in [-0.1, -0.05) is 30.3 Å². The van der Waals surface area contributed by atoms with Gasteiger partial charge in [-0.05, 0) is 63.6 Å². The Morgan fingerprint density at radius 2 is 2.07 bits per heavy atom. The number of aromatic amines is 1. The molecular weight excluding hydrogens is 348 g/mol. The van der Waals surface area contributed by atoms with Gasteiger partial charge in [-0.3, -0.25) is 14.8 Å². The average molecular weight is 381 g/mol. The van der Waals surface area contributed by atoms with Crippen molar-refractivity contribution in [1.29, 1.82) is 0 Å². The Balaban J connectivity index is 1.38. The van der Waals surface area contributed by atoms with Gasteiger partial charge >= 0.3 is 0 Å². The predicted molar refractivity (Wildman–Crippen MR) is 111 cm³/mol. The fourth-order valence-corrected chi connectivity index (χ4v) is 5.26. The number of aryl methyl sites for hydroxylation is 2. The van der Waals surface area contributed by atoms with Crippen LogP contribution in [0.5, 0.6) is 0 Å². The number of fused-ring (bicyclic) bond motifs is 1. The normalized spacial score (nSPS) is 24.5. The van der Waals surface area contributed by atoms with Crippen LogP contribution in [0.2, 0.25) is 0 Å². The Bertz CT molecular complexity index is 796. The molecule has 150 valence electrons. The van der Waals surface area contributed by atoms with E-state index in [0.717, 1.165) is 50.2 Å². The number of rotatable bonds is 6. The fourth-order valence-electron chi connectivity index (χ4n) is 5.26. The third-order valence-corrected chi connectivity index (χ3v) is 6.76. The summed E-state index contributed by atoms with van der Waals surface area (Å²) < 4.78 is 0. The summed E-state index contributed by atoms with van der Waals surface area (Å²) in [6.07, 6.45) is 5.27. The van der Waals surface area contributed by atoms with Gasteiger partial charge < -0.3 is 4.90 Å². The minimum atomic E-state index is 0.134. The van der Waals surface area contributed by atoms with E-state index in [1.807, 2.05) is 18.9 Å². The van der Waals surface area contributed by atoms with E-state index in [0.29, 0.717) is 18.0 Å². The monoisotopic (exact) mass is 380 g/mol. The number of amides is 1. The smallest absolute Gasteiger partial charge is 0.227 e. The summed E-state index contributed by atoms with van der Waals surface area (Å²) in [7, 11) is 1.98. The lowest BCUT2D eigenvalue weighted by Crippen LogP contribution is -2.39. The highest BCUT2D eigenvalue weighted by atomic mass is 16.2. The van der Waals surface area contributed by atoms with E-state index in [1.165, 1.54) is 17.5 Å². The van der Waals surface area contributed by atoms with Gasteiger partial charge in [0.1, 0.15) is 0 Å². The Morgan fingerprint density at radius 1 is 1.29 bits per heavy atom. The maximum absolute atomic E-state index is 13.3. The van der Waals surface area contributed by atoms with Gasteiger partial charge in [0.15, 0.2) is 0 Å². The summed E-state index contributed by atoms with van der Waals surface area (Å²) in [5.74, 6) is 0.464. The number of carbonyl (C=O) groups excluding carboxylic acids is 1. The first-order chi connectivity index (χ1) is 13.6. The molecule has 1 aromatic carbocycles. The molecule has 2 saturated heterocycles. The molecule has 3 heterocycles. The molecule has 5 nitrogen and oxygen atoms in total. The molecule has 28 heavy (non-hydrogen) atoms. The molecule has 1 aromatic heterocycles. The summed E-state index contributed by atoms with van der Waals surface area (Å²) in [6, 6.07) is 11.5. The second kappa shape index (κ2) is 8.08. The molecule has 0 bridgehead atoms. The maximum Gasteiger partial charge on any atom is 0.227 e. The van der Waals surface area contributed by atoms with Gasteiger partial charge in [-0.15, -0.1) is 0 Å². The van der Waals surface area contributed by atoms with Crippen LogP contribution < -0.4 is 0 Å². The second-order valence-electron chi connectivity index (χ2n) is 8.49. The van der Waals surface area contributed by atoms with Crippen LogP contribution in [0.15, 0.2) is 30.3 Å². The van der Waals surface area contributed by atoms with Gasteiger partial charge in [-0.2, -0.15) is 5.10 Å². The number of hydrogen-bond acceptors (Lipinski definition) is 3. The number of nitrogens with zero attached hydrogens (tertiary/aromatic N) is 3. The zero-order valence-electron chi connectivity index (χ0n) is 17.3. The molecule has 2 aliphatic rings. The fraction of sp³-hybridized carbons (Fsp3) is 0.565. The SMILES string of the molecule is Cc1n[nH]c(C)c1CCCN(C)C(=O)[C@H]1C[C@@H](c2ccccc2)N2CCC[C@H]12. The Morgan fingerprint density at radius 3 is 2.79 bits per heavy atom. The van der Waals surface area contributed by atoms with Crippen molar-refractivity contribution >= 4 is 5.91 Å². The largest absolute Gasteiger partial charge is 0.345 e. The van der Waals surface area contributed by atoms with E-state index in [9.17, 15) is 4.79 Å². The van der Waals surface area contributed by atoms with Crippen molar-refractivity contribution in [2.45, 2.75) is 58.0 Å². The molecule has 0 radical (unpaired) electrons. The van der Waals surface area contributed by atoms with Crippen LogP contribution in [-0.2, 0) is 11.2 Å². The highest BCUT2D eigenvalue weighted by molar-refractivity contribution is 5.80. The highest BCUT2D eigenvalue weighted by Gasteiger charge is 2.47. The summed E-state index contributed by atoms with van der Waals surface area (Å²) in [5.41, 5.74) is 4.88. The van der Waals surface area contributed by atoms with E-state index in [4.69, 9.17) is 0 Å². The molecule has 0 saturated carbocycles. The second-order valence-corrected chi connectivity index (χ2v) is 8.49. The van der Waals surface area contributed by atoms with E-state index in [1.54, 1.807) is 0 Å². The molecule has 0 aliphatic carbocycles. The van der Waals surface area contributed by atoms with Gasteiger partial charge in [0.25, 0.3) is 0 Å². The Kier molecular flexibility index (Phi) is 5.54. The minimum Gasteiger partial charge on any atom is -0.345 e. The number of H-pyrrole nitrogens is 1. The highest BCUT2D eigenvalue weighted by Crippen LogP contribution is 2.45. The van der Waals surface area contributed by atoms with Gasteiger partial charge in [-0.25, -0.2) is 0 Å². The van der Waals surface area contributed by atoms with Crippen molar-refractivity contribution in [1.82, 2.24) is 20.0 Å². The van der Waals surface area contributed by atoms with Crippen molar-refractivity contribution in [2.75, 3.05) is 20.1 Å². The lowest BCUT2D eigenvalue weighted by molar-refractivity contribution is -0.134. The molecular formula is C23H32N4O. The quantitative estimate of drug-likeness (QED) is 0.832. The summed E-state index contributed by atoms with van der Waals surface area (Å²) in [5, 5.41) is 7.33. The van der Waals surface area contributed by atoms with Gasteiger partial charge in [0.2, 0.25) is 5.91 Å². The van der Waals surface area contributed by atoms with Crippen LogP contribution in [-0.4, -0.2) is 52.1 Å².